The fraction of sp³-hybridized carbons (Fsp3) is 0.0769. The van der Waals surface area contributed by atoms with Gasteiger partial charge in [-0.3, -0.25) is 4.79 Å². The van der Waals surface area contributed by atoms with E-state index in [9.17, 15) is 14.7 Å². The molecule has 0 amide bonds. The number of carboxylic acids is 1. The zero-order chi connectivity index (χ0) is 12.9. The van der Waals surface area contributed by atoms with Gasteiger partial charge in [-0.2, -0.15) is 0 Å². The molecular formula is C13H13KO4. The van der Waals surface area contributed by atoms with Crippen molar-refractivity contribution in [2.45, 2.75) is 6.92 Å². The van der Waals surface area contributed by atoms with Crippen LogP contribution in [0.15, 0.2) is 54.6 Å². The maximum atomic E-state index is 9.75. The standard InChI is InChI=1S/C7H6O2.C6H8O2.K/c8-6-9-7-4-2-1-3-5-7;1-2-3-4-5-6(7)8;/h1-6H;2-5H,1H3,(H,7,8);/q;;+1/p-1/b;3-2+,5-4+;. The molecule has 0 bridgehead atoms. The molecule has 0 atom stereocenters. The first kappa shape index (κ1) is 19.6. The summed E-state index contributed by atoms with van der Waals surface area (Å²) in [7, 11) is 0. The second-order valence-electron chi connectivity index (χ2n) is 2.73. The Hall–Kier alpha value is -0.724. The second kappa shape index (κ2) is 14.3. The van der Waals surface area contributed by atoms with E-state index in [1.54, 1.807) is 43.3 Å². The molecule has 0 radical (unpaired) electrons. The Balaban J connectivity index is 0. The molecule has 0 unspecified atom stereocenters. The average molecular weight is 272 g/mol. The van der Waals surface area contributed by atoms with Crippen molar-refractivity contribution in [1.29, 1.82) is 0 Å². The van der Waals surface area contributed by atoms with Crippen LogP contribution in [0.4, 0.5) is 0 Å². The molecule has 18 heavy (non-hydrogen) atoms. The van der Waals surface area contributed by atoms with E-state index in [1.807, 2.05) is 6.07 Å². The molecule has 1 aromatic carbocycles. The summed E-state index contributed by atoms with van der Waals surface area (Å²) in [6.07, 6.45) is 5.74. The maximum absolute atomic E-state index is 9.75. The molecule has 5 heteroatoms. The normalized spacial score (nSPS) is 9.17. The summed E-state index contributed by atoms with van der Waals surface area (Å²) in [6, 6.07) is 8.90. The molecule has 0 N–H and O–H groups in total. The fourth-order valence-corrected chi connectivity index (χ4v) is 0.800. The summed E-state index contributed by atoms with van der Waals surface area (Å²) in [5.74, 6) is -0.587. The Morgan fingerprint density at radius 2 is 1.83 bits per heavy atom. The first-order valence-electron chi connectivity index (χ1n) is 4.86. The molecule has 0 saturated heterocycles. The van der Waals surface area contributed by atoms with E-state index in [2.05, 4.69) is 4.74 Å². The number of aliphatic carboxylic acids is 1. The van der Waals surface area contributed by atoms with Crippen LogP contribution in [0.25, 0.3) is 0 Å². The van der Waals surface area contributed by atoms with Crippen molar-refractivity contribution in [3.63, 3.8) is 0 Å². The van der Waals surface area contributed by atoms with Crippen molar-refractivity contribution in [2.75, 3.05) is 0 Å². The zero-order valence-corrected chi connectivity index (χ0v) is 13.5. The third-order valence-electron chi connectivity index (χ3n) is 1.46. The van der Waals surface area contributed by atoms with Gasteiger partial charge < -0.3 is 14.6 Å². The Labute approximate surface area is 149 Å². The average Bonchev–Trinajstić information content (AvgIpc) is 2.32. The third-order valence-corrected chi connectivity index (χ3v) is 1.46. The van der Waals surface area contributed by atoms with Crippen LogP contribution in [0.5, 0.6) is 5.75 Å². The largest absolute Gasteiger partial charge is 1.00 e. The fourth-order valence-electron chi connectivity index (χ4n) is 0.800. The first-order valence-corrected chi connectivity index (χ1v) is 4.86. The van der Waals surface area contributed by atoms with E-state index in [0.29, 0.717) is 12.2 Å². The van der Waals surface area contributed by atoms with Gasteiger partial charge in [-0.15, -0.1) is 0 Å². The molecule has 4 nitrogen and oxygen atoms in total. The van der Waals surface area contributed by atoms with Crippen molar-refractivity contribution < 1.29 is 70.8 Å². The van der Waals surface area contributed by atoms with Crippen LogP contribution in [0.2, 0.25) is 0 Å². The number of benzene rings is 1. The number of rotatable bonds is 4. The second-order valence-corrected chi connectivity index (χ2v) is 2.73. The molecule has 1 rings (SSSR count). The van der Waals surface area contributed by atoms with Crippen LogP contribution >= 0.6 is 0 Å². The van der Waals surface area contributed by atoms with E-state index >= 15 is 0 Å². The topological polar surface area (TPSA) is 66.4 Å². The zero-order valence-electron chi connectivity index (χ0n) is 10.4. The summed E-state index contributed by atoms with van der Waals surface area (Å²) < 4.78 is 4.53. The maximum Gasteiger partial charge on any atom is 1.00 e. The SMILES string of the molecule is C/C=C/C=C/C(=O)[O-].O=COc1ccccc1.[K+]. The number of carbonyl (C=O) groups is 2. The van der Waals surface area contributed by atoms with Gasteiger partial charge in [0, 0.05) is 0 Å². The van der Waals surface area contributed by atoms with E-state index in [1.165, 1.54) is 6.08 Å². The Bertz CT molecular complexity index is 385. The molecular weight excluding hydrogens is 259 g/mol. The summed E-state index contributed by atoms with van der Waals surface area (Å²) in [6.45, 7) is 2.22. The van der Waals surface area contributed by atoms with Crippen molar-refractivity contribution in [1.82, 2.24) is 0 Å². The quantitative estimate of drug-likeness (QED) is 0.278. The van der Waals surface area contributed by atoms with Gasteiger partial charge >= 0.3 is 51.4 Å². The Kier molecular flexibility index (Phi) is 15.6. The molecule has 90 valence electrons. The van der Waals surface area contributed by atoms with E-state index in [4.69, 9.17) is 0 Å². The van der Waals surface area contributed by atoms with Crippen LogP contribution in [0, 0.1) is 0 Å². The summed E-state index contributed by atoms with van der Waals surface area (Å²) in [5, 5.41) is 9.64. The molecule has 1 aromatic rings. The van der Waals surface area contributed by atoms with Gasteiger partial charge in [0.25, 0.3) is 6.47 Å². The first-order chi connectivity index (χ1) is 8.20. The van der Waals surface area contributed by atoms with Crippen LogP contribution in [0.1, 0.15) is 6.92 Å². The third kappa shape index (κ3) is 13.3. The van der Waals surface area contributed by atoms with Gasteiger partial charge in [0.05, 0.1) is 5.97 Å². The van der Waals surface area contributed by atoms with Crippen LogP contribution in [0.3, 0.4) is 0 Å². The monoisotopic (exact) mass is 272 g/mol. The molecule has 0 spiro atoms. The Morgan fingerprint density at radius 3 is 2.28 bits per heavy atom. The number of hydrogen-bond donors (Lipinski definition) is 0. The molecule has 0 saturated carbocycles. The van der Waals surface area contributed by atoms with Crippen LogP contribution in [-0.4, -0.2) is 12.4 Å². The number of hydrogen-bond acceptors (Lipinski definition) is 4. The number of carbonyl (C=O) groups excluding carboxylic acids is 2. The molecule has 0 aliphatic rings. The van der Waals surface area contributed by atoms with Crippen LogP contribution in [-0.2, 0) is 9.59 Å². The summed E-state index contributed by atoms with van der Waals surface area (Å²) in [5.41, 5.74) is 0. The van der Waals surface area contributed by atoms with Crippen molar-refractivity contribution in [3.05, 3.63) is 54.6 Å². The van der Waals surface area contributed by atoms with E-state index < -0.39 is 5.97 Å². The van der Waals surface area contributed by atoms with Gasteiger partial charge in [-0.25, -0.2) is 0 Å². The molecule has 0 fully saturated rings. The van der Waals surface area contributed by atoms with Crippen LogP contribution < -0.4 is 61.2 Å². The minimum absolute atomic E-state index is 0. The van der Waals surface area contributed by atoms with Crippen molar-refractivity contribution in [2.24, 2.45) is 0 Å². The smallest absolute Gasteiger partial charge is 0.545 e. The van der Waals surface area contributed by atoms with Gasteiger partial charge in [0.15, 0.2) is 0 Å². The summed E-state index contributed by atoms with van der Waals surface area (Å²) in [4.78, 5) is 19.4. The molecule has 0 heterocycles. The minimum atomic E-state index is -1.16. The van der Waals surface area contributed by atoms with Gasteiger partial charge in [0.1, 0.15) is 5.75 Å². The van der Waals surface area contributed by atoms with E-state index in [0.717, 1.165) is 6.08 Å². The molecule has 0 aliphatic carbocycles. The predicted octanol–water partition coefficient (Wildman–Crippen LogP) is -1.91. The molecule has 0 aliphatic heterocycles. The van der Waals surface area contributed by atoms with Gasteiger partial charge in [-0.1, -0.05) is 36.4 Å². The Morgan fingerprint density at radius 1 is 1.22 bits per heavy atom. The number of allylic oxidation sites excluding steroid dienone is 3. The minimum Gasteiger partial charge on any atom is -0.545 e. The van der Waals surface area contributed by atoms with Gasteiger partial charge in [-0.05, 0) is 25.1 Å². The summed E-state index contributed by atoms with van der Waals surface area (Å²) >= 11 is 0. The predicted molar refractivity (Wildman–Crippen MR) is 62.1 cm³/mol. The van der Waals surface area contributed by atoms with Crippen molar-refractivity contribution >= 4 is 12.4 Å². The molecule has 0 aromatic heterocycles. The number of para-hydroxylation sites is 1. The van der Waals surface area contributed by atoms with E-state index in [-0.39, 0.29) is 51.4 Å². The van der Waals surface area contributed by atoms with Crippen molar-refractivity contribution in [3.8, 4) is 5.75 Å². The number of ether oxygens (including phenoxy) is 1. The van der Waals surface area contributed by atoms with Gasteiger partial charge in [0.2, 0.25) is 0 Å². The number of carboxylic acid groups (broad SMARTS) is 1.